The predicted molar refractivity (Wildman–Crippen MR) is 220 cm³/mol. The number of hydrogen-bond acceptors (Lipinski definition) is 12. The molecular weight excluding hydrogens is 743 g/mol. The summed E-state index contributed by atoms with van der Waals surface area (Å²) in [4.78, 5) is 24.3. The molecular formula is C45H63N3O10. The van der Waals surface area contributed by atoms with Crippen LogP contribution in [-0.4, -0.2) is 128 Å². The Kier molecular flexibility index (Phi) is 16.4. The maximum Gasteiger partial charge on any atom is 0.410 e. The number of amides is 1. The zero-order valence-electron chi connectivity index (χ0n) is 34.1. The minimum Gasteiger partial charge on any atom is -0.492 e. The average Bonchev–Trinajstić information content (AvgIpc) is 4.07. The lowest BCUT2D eigenvalue weighted by molar-refractivity contribution is -0.256. The number of oxime groups is 1. The number of aliphatic hydroxyl groups excluding tert-OH is 3. The molecule has 2 aromatic rings. The number of fused-ring (bicyclic) bond motifs is 2. The first kappa shape index (κ1) is 43.6. The Hall–Kier alpha value is -3.98. The lowest BCUT2D eigenvalue weighted by Crippen LogP contribution is -2.70. The zero-order valence-corrected chi connectivity index (χ0v) is 34.1. The molecule has 0 spiro atoms. The van der Waals surface area contributed by atoms with Gasteiger partial charge in [-0.2, -0.15) is 0 Å². The molecule has 1 amide bonds. The number of ether oxygens (including phenoxy) is 5. The van der Waals surface area contributed by atoms with Crippen molar-refractivity contribution in [2.24, 2.45) is 22.9 Å². The zero-order chi connectivity index (χ0) is 40.7. The summed E-state index contributed by atoms with van der Waals surface area (Å²) >= 11 is 0. The first-order chi connectivity index (χ1) is 28.5. The van der Waals surface area contributed by atoms with E-state index in [4.69, 9.17) is 33.7 Å². The monoisotopic (exact) mass is 805 g/mol. The second kappa shape index (κ2) is 21.9. The van der Waals surface area contributed by atoms with Crippen LogP contribution < -0.4 is 9.47 Å². The minimum absolute atomic E-state index is 0.0790. The third-order valence-electron chi connectivity index (χ3n) is 11.7. The molecule has 6 rings (SSSR count). The van der Waals surface area contributed by atoms with Crippen LogP contribution in [0.25, 0.3) is 0 Å². The molecule has 2 aliphatic heterocycles. The summed E-state index contributed by atoms with van der Waals surface area (Å²) in [6, 6.07) is 15.1. The highest BCUT2D eigenvalue weighted by Gasteiger charge is 2.65. The molecule has 3 N–H and O–H groups in total. The number of carbonyl (C=O) groups is 1. The van der Waals surface area contributed by atoms with E-state index in [9.17, 15) is 20.1 Å². The van der Waals surface area contributed by atoms with Crippen molar-refractivity contribution < 1.29 is 48.6 Å². The van der Waals surface area contributed by atoms with Crippen LogP contribution in [0.5, 0.6) is 11.5 Å². The maximum absolute atomic E-state index is 14.1. The van der Waals surface area contributed by atoms with Gasteiger partial charge in [0.25, 0.3) is 0 Å². The number of unbranched alkanes of at least 4 members (excludes halogenated alkanes) is 2. The summed E-state index contributed by atoms with van der Waals surface area (Å²) in [5.41, 5.74) is 3.61. The SMILES string of the molecule is C=CCO[C@@]12Oc3ccc(OCCN4CC4)cc3[C@H]3[C@H](CCCCO)[C@@H](CCCCO)C=C(C(=NOCc4ccccc4)C[C@@H]1N(CCOCCO)C(=O)OCC)[C@H]32. The summed E-state index contributed by atoms with van der Waals surface area (Å²) in [6.45, 7) is 10.4. The predicted octanol–water partition coefficient (Wildman–Crippen LogP) is 5.68. The van der Waals surface area contributed by atoms with Crippen LogP contribution in [0.4, 0.5) is 4.79 Å². The van der Waals surface area contributed by atoms with Crippen molar-refractivity contribution in [1.29, 1.82) is 0 Å². The topological polar surface area (TPSA) is 152 Å². The van der Waals surface area contributed by atoms with Crippen LogP contribution in [0, 0.1) is 17.8 Å². The van der Waals surface area contributed by atoms with Gasteiger partial charge in [-0.15, -0.1) is 6.58 Å². The van der Waals surface area contributed by atoms with Crippen LogP contribution in [0.1, 0.15) is 68.9 Å². The van der Waals surface area contributed by atoms with E-state index in [1.165, 1.54) is 0 Å². The van der Waals surface area contributed by atoms with E-state index in [2.05, 4.69) is 23.6 Å². The molecule has 4 aliphatic rings. The van der Waals surface area contributed by atoms with Crippen molar-refractivity contribution in [3.63, 3.8) is 0 Å². The Morgan fingerprint density at radius 1 is 1.02 bits per heavy atom. The van der Waals surface area contributed by atoms with Crippen molar-refractivity contribution in [3.05, 3.63) is 84.0 Å². The van der Waals surface area contributed by atoms with Crippen LogP contribution in [-0.2, 0) is 25.7 Å². The van der Waals surface area contributed by atoms with Crippen LogP contribution in [0.3, 0.4) is 0 Å². The summed E-state index contributed by atoms with van der Waals surface area (Å²) in [5.74, 6) is -0.485. The molecule has 1 saturated heterocycles. The van der Waals surface area contributed by atoms with Gasteiger partial charge in [-0.1, -0.05) is 60.5 Å². The minimum atomic E-state index is -1.42. The van der Waals surface area contributed by atoms with Crippen molar-refractivity contribution in [2.75, 3.05) is 79.0 Å². The van der Waals surface area contributed by atoms with Crippen molar-refractivity contribution in [3.8, 4) is 11.5 Å². The molecule has 1 saturated carbocycles. The first-order valence-electron chi connectivity index (χ1n) is 21.2. The average molecular weight is 806 g/mol. The van der Waals surface area contributed by atoms with Gasteiger partial charge in [0.1, 0.15) is 30.8 Å². The summed E-state index contributed by atoms with van der Waals surface area (Å²) < 4.78 is 32.1. The molecule has 13 heteroatoms. The number of allylic oxidation sites excluding steroid dienone is 1. The van der Waals surface area contributed by atoms with Gasteiger partial charge in [0.05, 0.1) is 44.7 Å². The van der Waals surface area contributed by atoms with Gasteiger partial charge in [-0.05, 0) is 73.8 Å². The second-order valence-corrected chi connectivity index (χ2v) is 15.5. The fourth-order valence-electron chi connectivity index (χ4n) is 8.99. The van der Waals surface area contributed by atoms with E-state index in [0.29, 0.717) is 30.9 Å². The Labute approximate surface area is 343 Å². The van der Waals surface area contributed by atoms with Gasteiger partial charge in [0.15, 0.2) is 0 Å². The lowest BCUT2D eigenvalue weighted by atomic mass is 9.55. The number of carbonyl (C=O) groups excluding carboxylic acids is 1. The highest BCUT2D eigenvalue weighted by atomic mass is 16.7. The van der Waals surface area contributed by atoms with Crippen LogP contribution >= 0.6 is 0 Å². The Bertz CT molecular complexity index is 1670. The van der Waals surface area contributed by atoms with E-state index in [0.717, 1.165) is 67.8 Å². The Balaban J connectivity index is 1.53. The highest BCUT2D eigenvalue weighted by Crippen LogP contribution is 2.62. The van der Waals surface area contributed by atoms with Gasteiger partial charge >= 0.3 is 6.09 Å². The largest absolute Gasteiger partial charge is 0.492 e. The highest BCUT2D eigenvalue weighted by molar-refractivity contribution is 6.03. The lowest BCUT2D eigenvalue weighted by Gasteiger charge is -2.59. The van der Waals surface area contributed by atoms with E-state index >= 15 is 0 Å². The number of nitrogens with zero attached hydrogens (tertiary/aromatic N) is 3. The van der Waals surface area contributed by atoms with Gasteiger partial charge in [-0.3, -0.25) is 9.80 Å². The Morgan fingerprint density at radius 3 is 2.53 bits per heavy atom. The molecule has 2 aliphatic carbocycles. The third-order valence-corrected chi connectivity index (χ3v) is 11.7. The van der Waals surface area contributed by atoms with Crippen LogP contribution in [0.2, 0.25) is 0 Å². The summed E-state index contributed by atoms with van der Waals surface area (Å²) in [6.07, 6.45) is 8.38. The first-order valence-corrected chi connectivity index (χ1v) is 21.2. The van der Waals surface area contributed by atoms with Gasteiger partial charge in [-0.25, -0.2) is 4.79 Å². The van der Waals surface area contributed by atoms with E-state index in [1.807, 2.05) is 42.5 Å². The number of hydrogen-bond donors (Lipinski definition) is 3. The number of rotatable bonds is 25. The normalized spacial score (nSPS) is 25.2. The van der Waals surface area contributed by atoms with Crippen molar-refractivity contribution in [1.82, 2.24) is 9.80 Å². The Morgan fingerprint density at radius 2 is 1.81 bits per heavy atom. The molecule has 2 fully saturated rings. The molecule has 13 nitrogen and oxygen atoms in total. The quantitative estimate of drug-likeness (QED) is 0.0492. The number of aliphatic hydroxyl groups is 3. The fraction of sp³-hybridized carbons (Fsp3) is 0.600. The molecule has 0 unspecified atom stereocenters. The summed E-state index contributed by atoms with van der Waals surface area (Å²) in [5, 5.41) is 34.2. The van der Waals surface area contributed by atoms with E-state index in [1.54, 1.807) is 17.9 Å². The molecule has 0 radical (unpaired) electrons. The smallest absolute Gasteiger partial charge is 0.410 e. The van der Waals surface area contributed by atoms with Crippen LogP contribution in [0.15, 0.2) is 78.0 Å². The molecule has 318 valence electrons. The molecule has 6 atom stereocenters. The van der Waals surface area contributed by atoms with Crippen molar-refractivity contribution in [2.45, 2.75) is 76.2 Å². The molecule has 0 aromatic heterocycles. The third kappa shape index (κ3) is 10.6. The second-order valence-electron chi connectivity index (χ2n) is 15.5. The number of benzene rings is 2. The van der Waals surface area contributed by atoms with Gasteiger partial charge < -0.3 is 43.8 Å². The molecule has 2 aromatic carbocycles. The maximum atomic E-state index is 14.1. The molecule has 58 heavy (non-hydrogen) atoms. The molecule has 0 bridgehead atoms. The standard InChI is InChI=1S/C45H63N3O10/c1-3-25-56-45-41(48(44(52)54-4-2)21-26-53-28-24-51)31-39(46-57-32-33-12-6-5-7-13-33)37-29-34(14-8-10-22-49)36(15-9-11-23-50)42(43(37)45)38-30-35(16-17-40(38)58-45)55-27-20-47-18-19-47/h3,5-7,12-13,16-17,29-30,34,36,41-43,49-51H,1,4,8-11,14-15,18-28,31-32H2,2H3/t34-,36+,41-,42+,43+,45+/m0/s1. The van der Waals surface area contributed by atoms with E-state index in [-0.39, 0.29) is 83.6 Å². The molecule has 2 heterocycles. The van der Waals surface area contributed by atoms with E-state index < -0.39 is 23.8 Å². The fourth-order valence-corrected chi connectivity index (χ4v) is 8.99. The van der Waals surface area contributed by atoms with Crippen molar-refractivity contribution >= 4 is 11.8 Å². The van der Waals surface area contributed by atoms with Gasteiger partial charge in [0.2, 0.25) is 5.79 Å². The van der Waals surface area contributed by atoms with Gasteiger partial charge in [0, 0.05) is 57.3 Å². The summed E-state index contributed by atoms with van der Waals surface area (Å²) in [7, 11) is 0.